The third kappa shape index (κ3) is 2.09. The monoisotopic (exact) mass is 207 g/mol. The highest BCUT2D eigenvalue weighted by Crippen LogP contribution is 2.18. The lowest BCUT2D eigenvalue weighted by atomic mass is 10.3. The summed E-state index contributed by atoms with van der Waals surface area (Å²) in [6.45, 7) is 0.680. The lowest BCUT2D eigenvalue weighted by Gasteiger charge is -2.03. The van der Waals surface area contributed by atoms with Crippen LogP contribution in [0.15, 0.2) is 47.1 Å². The van der Waals surface area contributed by atoms with Crippen LogP contribution in [0.25, 0.3) is 0 Å². The summed E-state index contributed by atoms with van der Waals surface area (Å²) in [5, 5.41) is 3.70. The number of hydrogen-bond donors (Lipinski definition) is 1. The number of halogens is 1. The van der Waals surface area contributed by atoms with Crippen LogP contribution in [0.5, 0.6) is 0 Å². The molecule has 0 spiro atoms. The topological polar surface area (TPSA) is 25.2 Å². The summed E-state index contributed by atoms with van der Waals surface area (Å²) in [5.41, 5.74) is 2.04. The number of furan rings is 1. The van der Waals surface area contributed by atoms with E-state index in [9.17, 15) is 0 Å². The van der Waals surface area contributed by atoms with E-state index in [-0.39, 0.29) is 0 Å². The van der Waals surface area contributed by atoms with Crippen molar-refractivity contribution >= 4 is 17.3 Å². The van der Waals surface area contributed by atoms with Gasteiger partial charge in [0.2, 0.25) is 0 Å². The molecule has 0 unspecified atom stereocenters. The highest BCUT2D eigenvalue weighted by Gasteiger charge is 2.01. The second-order valence-electron chi connectivity index (χ2n) is 2.94. The van der Waals surface area contributed by atoms with Gasteiger partial charge in [0.05, 0.1) is 6.26 Å². The van der Waals surface area contributed by atoms with Crippen LogP contribution in [-0.4, -0.2) is 0 Å². The van der Waals surface area contributed by atoms with Crippen LogP contribution in [0.4, 0.5) is 5.69 Å². The van der Waals surface area contributed by atoms with Crippen molar-refractivity contribution in [3.63, 3.8) is 0 Å². The van der Waals surface area contributed by atoms with Crippen molar-refractivity contribution in [3.8, 4) is 0 Å². The lowest BCUT2D eigenvalue weighted by molar-refractivity contribution is 0.566. The van der Waals surface area contributed by atoms with E-state index in [0.29, 0.717) is 11.8 Å². The summed E-state index contributed by atoms with van der Waals surface area (Å²) in [6.07, 6.45) is 1.59. The quantitative estimate of drug-likeness (QED) is 0.833. The van der Waals surface area contributed by atoms with Crippen LogP contribution in [-0.2, 0) is 6.54 Å². The number of hydrogen-bond acceptors (Lipinski definition) is 2. The average Bonchev–Trinajstić information content (AvgIpc) is 2.63. The predicted molar refractivity (Wildman–Crippen MR) is 57.5 cm³/mol. The zero-order valence-corrected chi connectivity index (χ0v) is 8.29. The molecular formula is C11H10ClNO. The van der Waals surface area contributed by atoms with Crippen molar-refractivity contribution in [2.75, 3.05) is 5.32 Å². The lowest BCUT2D eigenvalue weighted by Crippen LogP contribution is -1.97. The summed E-state index contributed by atoms with van der Waals surface area (Å²) < 4.78 is 4.98. The SMILES string of the molecule is Clc1occc1CNc1ccccc1. The van der Waals surface area contributed by atoms with E-state index in [1.165, 1.54) is 0 Å². The number of para-hydroxylation sites is 1. The van der Waals surface area contributed by atoms with E-state index < -0.39 is 0 Å². The highest BCUT2D eigenvalue weighted by atomic mass is 35.5. The average molecular weight is 208 g/mol. The van der Waals surface area contributed by atoms with E-state index in [1.54, 1.807) is 6.26 Å². The van der Waals surface area contributed by atoms with E-state index in [1.807, 2.05) is 36.4 Å². The van der Waals surface area contributed by atoms with Gasteiger partial charge in [-0.15, -0.1) is 0 Å². The summed E-state index contributed by atoms with van der Waals surface area (Å²) in [4.78, 5) is 0. The fraction of sp³-hybridized carbons (Fsp3) is 0.0909. The van der Waals surface area contributed by atoms with E-state index >= 15 is 0 Å². The molecule has 0 aliphatic heterocycles. The molecule has 0 aliphatic rings. The Kier molecular flexibility index (Phi) is 2.75. The molecule has 2 rings (SSSR count). The van der Waals surface area contributed by atoms with Crippen molar-refractivity contribution in [3.05, 3.63) is 53.4 Å². The minimum Gasteiger partial charge on any atom is -0.453 e. The Labute approximate surface area is 87.5 Å². The Morgan fingerprint density at radius 2 is 1.93 bits per heavy atom. The van der Waals surface area contributed by atoms with Crippen molar-refractivity contribution in [1.82, 2.24) is 0 Å². The third-order valence-electron chi connectivity index (χ3n) is 1.95. The number of benzene rings is 1. The first-order valence-electron chi connectivity index (χ1n) is 4.37. The Balaban J connectivity index is 1.99. The molecule has 72 valence electrons. The largest absolute Gasteiger partial charge is 0.453 e. The molecule has 0 radical (unpaired) electrons. The van der Waals surface area contributed by atoms with Crippen molar-refractivity contribution < 1.29 is 4.42 Å². The van der Waals surface area contributed by atoms with Gasteiger partial charge in [-0.2, -0.15) is 0 Å². The second-order valence-corrected chi connectivity index (χ2v) is 3.28. The minimum atomic E-state index is 0.452. The van der Waals surface area contributed by atoms with Crippen LogP contribution in [0, 0.1) is 0 Å². The van der Waals surface area contributed by atoms with Crippen LogP contribution in [0.1, 0.15) is 5.56 Å². The van der Waals surface area contributed by atoms with Gasteiger partial charge in [-0.05, 0) is 29.8 Å². The van der Waals surface area contributed by atoms with Crippen LogP contribution in [0.2, 0.25) is 5.22 Å². The van der Waals surface area contributed by atoms with Gasteiger partial charge in [-0.25, -0.2) is 0 Å². The molecule has 1 aromatic carbocycles. The van der Waals surface area contributed by atoms with Gasteiger partial charge in [0.15, 0.2) is 5.22 Å². The molecule has 0 amide bonds. The molecule has 0 fully saturated rings. The standard InChI is InChI=1S/C11H10ClNO/c12-11-9(6-7-14-11)8-13-10-4-2-1-3-5-10/h1-7,13H,8H2. The van der Waals surface area contributed by atoms with Gasteiger partial charge in [-0.3, -0.25) is 0 Å². The molecule has 3 heteroatoms. The van der Waals surface area contributed by atoms with Gasteiger partial charge in [-0.1, -0.05) is 18.2 Å². The molecule has 1 N–H and O–H groups in total. The van der Waals surface area contributed by atoms with Gasteiger partial charge in [0.1, 0.15) is 0 Å². The van der Waals surface area contributed by atoms with Gasteiger partial charge >= 0.3 is 0 Å². The van der Waals surface area contributed by atoms with Gasteiger partial charge < -0.3 is 9.73 Å². The minimum absolute atomic E-state index is 0.452. The Morgan fingerprint density at radius 1 is 1.14 bits per heavy atom. The third-order valence-corrected chi connectivity index (χ3v) is 2.28. The van der Waals surface area contributed by atoms with Gasteiger partial charge in [0.25, 0.3) is 0 Å². The zero-order chi connectivity index (χ0) is 9.80. The first kappa shape index (κ1) is 9.16. The fourth-order valence-electron chi connectivity index (χ4n) is 1.20. The van der Waals surface area contributed by atoms with Crippen molar-refractivity contribution in [1.29, 1.82) is 0 Å². The molecule has 0 saturated carbocycles. The van der Waals surface area contributed by atoms with E-state index in [2.05, 4.69) is 5.32 Å². The molecule has 1 aromatic heterocycles. The molecule has 0 saturated heterocycles. The Morgan fingerprint density at radius 3 is 2.57 bits per heavy atom. The molecule has 14 heavy (non-hydrogen) atoms. The summed E-state index contributed by atoms with van der Waals surface area (Å²) in [5.74, 6) is 0. The normalized spacial score (nSPS) is 10.1. The molecular weight excluding hydrogens is 198 g/mol. The van der Waals surface area contributed by atoms with Crippen LogP contribution in [0.3, 0.4) is 0 Å². The predicted octanol–water partition coefficient (Wildman–Crippen LogP) is 3.55. The van der Waals surface area contributed by atoms with E-state index in [0.717, 1.165) is 11.3 Å². The maximum atomic E-state index is 5.80. The molecule has 0 bridgehead atoms. The summed E-state index contributed by atoms with van der Waals surface area (Å²) in [6, 6.07) is 11.8. The van der Waals surface area contributed by atoms with Crippen molar-refractivity contribution in [2.45, 2.75) is 6.54 Å². The molecule has 0 atom stereocenters. The van der Waals surface area contributed by atoms with Gasteiger partial charge in [0, 0.05) is 17.8 Å². The summed E-state index contributed by atoms with van der Waals surface area (Å²) in [7, 11) is 0. The maximum Gasteiger partial charge on any atom is 0.197 e. The van der Waals surface area contributed by atoms with Crippen LogP contribution < -0.4 is 5.32 Å². The molecule has 1 heterocycles. The number of anilines is 1. The smallest absolute Gasteiger partial charge is 0.197 e. The zero-order valence-electron chi connectivity index (χ0n) is 7.53. The molecule has 2 aromatic rings. The van der Waals surface area contributed by atoms with Crippen LogP contribution >= 0.6 is 11.6 Å². The summed E-state index contributed by atoms with van der Waals surface area (Å²) >= 11 is 5.80. The Hall–Kier alpha value is -1.41. The number of nitrogens with one attached hydrogen (secondary N) is 1. The highest BCUT2D eigenvalue weighted by molar-refractivity contribution is 6.29. The first-order chi connectivity index (χ1) is 6.86. The molecule has 2 nitrogen and oxygen atoms in total. The first-order valence-corrected chi connectivity index (χ1v) is 4.75. The Bertz CT molecular complexity index is 397. The van der Waals surface area contributed by atoms with E-state index in [4.69, 9.17) is 16.0 Å². The van der Waals surface area contributed by atoms with Crippen molar-refractivity contribution in [2.24, 2.45) is 0 Å². The maximum absolute atomic E-state index is 5.80. The fourth-order valence-corrected chi connectivity index (χ4v) is 1.38. The number of rotatable bonds is 3. The molecule has 0 aliphatic carbocycles. The second kappa shape index (κ2) is 4.20.